The van der Waals surface area contributed by atoms with Crippen molar-refractivity contribution in [1.82, 2.24) is 15.1 Å². The van der Waals surface area contributed by atoms with Crippen molar-refractivity contribution >= 4 is 11.8 Å². The van der Waals surface area contributed by atoms with Crippen LogP contribution in [0.3, 0.4) is 0 Å². The molecule has 0 bridgehead atoms. The third-order valence-corrected chi connectivity index (χ3v) is 5.56. The molecular formula is C17H22FN3OS. The first-order valence-electron chi connectivity index (χ1n) is 8.06. The normalized spacial score (nSPS) is 21.2. The predicted molar refractivity (Wildman–Crippen MR) is 90.7 cm³/mol. The fraction of sp³-hybridized carbons (Fsp3) is 0.529. The first-order chi connectivity index (χ1) is 11.2. The maximum absolute atomic E-state index is 13.0. The Morgan fingerprint density at radius 2 is 2.04 bits per heavy atom. The van der Waals surface area contributed by atoms with E-state index in [1.54, 1.807) is 12.1 Å². The lowest BCUT2D eigenvalue weighted by molar-refractivity contribution is 0.216. The van der Waals surface area contributed by atoms with E-state index in [-0.39, 0.29) is 5.82 Å². The van der Waals surface area contributed by atoms with E-state index in [4.69, 9.17) is 4.42 Å². The zero-order valence-electron chi connectivity index (χ0n) is 13.5. The lowest BCUT2D eigenvalue weighted by Crippen LogP contribution is -2.29. The molecule has 0 saturated heterocycles. The van der Waals surface area contributed by atoms with Crippen LogP contribution in [0, 0.1) is 5.82 Å². The van der Waals surface area contributed by atoms with Crippen LogP contribution in [0.25, 0.3) is 11.5 Å². The maximum atomic E-state index is 13.0. The van der Waals surface area contributed by atoms with Crippen LogP contribution in [0.4, 0.5) is 4.39 Å². The summed E-state index contributed by atoms with van der Waals surface area (Å²) in [7, 11) is 2.12. The molecule has 1 aliphatic rings. The molecule has 4 nitrogen and oxygen atoms in total. The molecule has 0 amide bonds. The van der Waals surface area contributed by atoms with Gasteiger partial charge in [-0.05, 0) is 56.3 Å². The Hall–Kier alpha value is -1.40. The van der Waals surface area contributed by atoms with Crippen LogP contribution in [0.5, 0.6) is 0 Å². The fourth-order valence-corrected chi connectivity index (χ4v) is 4.21. The molecule has 23 heavy (non-hydrogen) atoms. The van der Waals surface area contributed by atoms with Crippen molar-refractivity contribution in [2.45, 2.75) is 44.0 Å². The van der Waals surface area contributed by atoms with Crippen LogP contribution in [0.2, 0.25) is 0 Å². The topological polar surface area (TPSA) is 42.2 Å². The second-order valence-electron chi connectivity index (χ2n) is 5.97. The number of thioether (sulfide) groups is 1. The minimum Gasteiger partial charge on any atom is -0.419 e. The van der Waals surface area contributed by atoms with Crippen LogP contribution in [-0.4, -0.2) is 39.2 Å². The average molecular weight is 335 g/mol. The standard InChI is InChI=1S/C17H22FN3OS/c1-3-23-15-9-8-14(10-15)21(2)11-16-19-20-17(22-16)12-4-6-13(18)7-5-12/h4-7,14-15H,3,8-11H2,1-2H3/t14-,15+/m1/s1. The number of halogens is 1. The summed E-state index contributed by atoms with van der Waals surface area (Å²) in [4.78, 5) is 2.30. The molecule has 6 heteroatoms. The molecule has 0 N–H and O–H groups in total. The Morgan fingerprint density at radius 3 is 2.78 bits per heavy atom. The van der Waals surface area contributed by atoms with Gasteiger partial charge in [0.05, 0.1) is 6.54 Å². The lowest BCUT2D eigenvalue weighted by atomic mass is 10.2. The maximum Gasteiger partial charge on any atom is 0.247 e. The number of rotatable bonds is 6. The smallest absolute Gasteiger partial charge is 0.247 e. The van der Waals surface area contributed by atoms with Gasteiger partial charge in [0.2, 0.25) is 11.8 Å². The van der Waals surface area contributed by atoms with E-state index in [2.05, 4.69) is 40.8 Å². The van der Waals surface area contributed by atoms with E-state index < -0.39 is 0 Å². The molecule has 1 fully saturated rings. The van der Waals surface area contributed by atoms with E-state index in [1.807, 2.05) is 0 Å². The number of hydrogen-bond donors (Lipinski definition) is 0. The minimum absolute atomic E-state index is 0.269. The molecule has 1 aromatic carbocycles. The Bertz CT molecular complexity index is 631. The minimum atomic E-state index is -0.269. The van der Waals surface area contributed by atoms with Crippen molar-refractivity contribution in [3.05, 3.63) is 36.0 Å². The van der Waals surface area contributed by atoms with Gasteiger partial charge in [0.1, 0.15) is 5.82 Å². The van der Waals surface area contributed by atoms with Gasteiger partial charge in [-0.25, -0.2) is 4.39 Å². The lowest BCUT2D eigenvalue weighted by Gasteiger charge is -2.22. The second-order valence-corrected chi connectivity index (χ2v) is 7.54. The number of hydrogen-bond acceptors (Lipinski definition) is 5. The summed E-state index contributed by atoms with van der Waals surface area (Å²) in [6, 6.07) is 6.69. The van der Waals surface area contributed by atoms with Crippen LogP contribution in [0.1, 0.15) is 32.1 Å². The Morgan fingerprint density at radius 1 is 1.26 bits per heavy atom. The van der Waals surface area contributed by atoms with Crippen LogP contribution >= 0.6 is 11.8 Å². The zero-order valence-corrected chi connectivity index (χ0v) is 14.4. The number of nitrogens with zero attached hydrogens (tertiary/aromatic N) is 3. The van der Waals surface area contributed by atoms with Gasteiger partial charge in [0.25, 0.3) is 0 Å². The highest BCUT2D eigenvalue weighted by atomic mass is 32.2. The fourth-order valence-electron chi connectivity index (χ4n) is 3.07. The van der Waals surface area contributed by atoms with Crippen molar-refractivity contribution in [2.24, 2.45) is 0 Å². The largest absolute Gasteiger partial charge is 0.419 e. The molecule has 124 valence electrons. The number of benzene rings is 1. The van der Waals surface area contributed by atoms with Gasteiger partial charge in [-0.1, -0.05) is 6.92 Å². The highest BCUT2D eigenvalue weighted by Gasteiger charge is 2.28. The second kappa shape index (κ2) is 7.45. The van der Waals surface area contributed by atoms with Crippen molar-refractivity contribution in [3.63, 3.8) is 0 Å². The van der Waals surface area contributed by atoms with Crippen LogP contribution in [-0.2, 0) is 6.54 Å². The molecule has 2 aromatic rings. The van der Waals surface area contributed by atoms with Crippen LogP contribution in [0.15, 0.2) is 28.7 Å². The highest BCUT2D eigenvalue weighted by Crippen LogP contribution is 2.32. The van der Waals surface area contributed by atoms with E-state index in [1.165, 1.54) is 37.1 Å². The number of aromatic nitrogens is 2. The van der Waals surface area contributed by atoms with Crippen molar-refractivity contribution in [3.8, 4) is 11.5 Å². The first-order valence-corrected chi connectivity index (χ1v) is 9.10. The van der Waals surface area contributed by atoms with Crippen molar-refractivity contribution in [1.29, 1.82) is 0 Å². The van der Waals surface area contributed by atoms with E-state index in [0.29, 0.717) is 24.4 Å². The molecule has 1 aromatic heterocycles. The van der Waals surface area contributed by atoms with Gasteiger partial charge in [0, 0.05) is 16.9 Å². The van der Waals surface area contributed by atoms with Gasteiger partial charge in [-0.15, -0.1) is 10.2 Å². The van der Waals surface area contributed by atoms with Crippen molar-refractivity contribution in [2.75, 3.05) is 12.8 Å². The quantitative estimate of drug-likeness (QED) is 0.799. The third-order valence-electron chi connectivity index (χ3n) is 4.33. The Kier molecular flexibility index (Phi) is 5.33. The molecule has 0 radical (unpaired) electrons. The summed E-state index contributed by atoms with van der Waals surface area (Å²) in [5, 5.41) is 8.98. The summed E-state index contributed by atoms with van der Waals surface area (Å²) in [5.74, 6) is 1.97. The van der Waals surface area contributed by atoms with Crippen molar-refractivity contribution < 1.29 is 8.81 Å². The van der Waals surface area contributed by atoms with Crippen LogP contribution < -0.4 is 0 Å². The highest BCUT2D eigenvalue weighted by molar-refractivity contribution is 7.99. The predicted octanol–water partition coefficient (Wildman–Crippen LogP) is 3.98. The molecule has 0 unspecified atom stereocenters. The molecule has 1 saturated carbocycles. The summed E-state index contributed by atoms with van der Waals surface area (Å²) >= 11 is 2.06. The Balaban J connectivity index is 1.59. The Labute approximate surface area is 140 Å². The molecule has 1 heterocycles. The zero-order chi connectivity index (χ0) is 16.2. The average Bonchev–Trinajstić information content (AvgIpc) is 3.18. The summed E-state index contributed by atoms with van der Waals surface area (Å²) in [6.07, 6.45) is 3.75. The van der Waals surface area contributed by atoms with E-state index in [9.17, 15) is 4.39 Å². The molecule has 3 rings (SSSR count). The van der Waals surface area contributed by atoms with E-state index in [0.717, 1.165) is 10.8 Å². The molecular weight excluding hydrogens is 313 g/mol. The SMILES string of the molecule is CCS[C@H]1CC[C@@H](N(C)Cc2nnc(-c3ccc(F)cc3)o2)C1. The first kappa shape index (κ1) is 16.5. The molecule has 0 spiro atoms. The van der Waals surface area contributed by atoms with Gasteiger partial charge in [-0.2, -0.15) is 11.8 Å². The van der Waals surface area contributed by atoms with E-state index >= 15 is 0 Å². The molecule has 1 aliphatic carbocycles. The molecule has 2 atom stereocenters. The summed E-state index contributed by atoms with van der Waals surface area (Å²) < 4.78 is 18.7. The third kappa shape index (κ3) is 4.12. The molecule has 0 aliphatic heterocycles. The summed E-state index contributed by atoms with van der Waals surface area (Å²) in [6.45, 7) is 2.87. The van der Waals surface area contributed by atoms with Gasteiger partial charge in [0.15, 0.2) is 0 Å². The monoisotopic (exact) mass is 335 g/mol. The van der Waals surface area contributed by atoms with Gasteiger partial charge >= 0.3 is 0 Å². The van der Waals surface area contributed by atoms with Gasteiger partial charge in [-0.3, -0.25) is 4.90 Å². The van der Waals surface area contributed by atoms with Gasteiger partial charge < -0.3 is 4.42 Å². The summed E-state index contributed by atoms with van der Waals surface area (Å²) in [5.41, 5.74) is 0.744.